The molecule has 0 atom stereocenters. The summed E-state index contributed by atoms with van der Waals surface area (Å²) < 4.78 is 4.76. The van der Waals surface area contributed by atoms with E-state index in [9.17, 15) is 4.79 Å². The molecule has 5 heteroatoms. The Morgan fingerprint density at radius 2 is 1.95 bits per heavy atom. The lowest BCUT2D eigenvalue weighted by Crippen LogP contribution is -2.48. The van der Waals surface area contributed by atoms with Gasteiger partial charge in [-0.15, -0.1) is 0 Å². The third-order valence-corrected chi connectivity index (χ3v) is 3.90. The molecule has 1 aliphatic rings. The van der Waals surface area contributed by atoms with Crippen molar-refractivity contribution in [3.8, 4) is 0 Å². The molecule has 0 unspecified atom stereocenters. The number of nitrogens with zero attached hydrogens (tertiary/aromatic N) is 1. The van der Waals surface area contributed by atoms with E-state index in [0.29, 0.717) is 5.82 Å². The van der Waals surface area contributed by atoms with E-state index in [1.54, 1.807) is 6.07 Å². The predicted octanol–water partition coefficient (Wildman–Crippen LogP) is 1.93. The number of nitrogens with one attached hydrogen (secondary N) is 2. The molecule has 1 aliphatic heterocycles. The van der Waals surface area contributed by atoms with Crippen LogP contribution in [0.3, 0.4) is 0 Å². The van der Waals surface area contributed by atoms with Gasteiger partial charge in [-0.1, -0.05) is 35.5 Å². The molecular formula is C15H17N3O2. The lowest BCUT2D eigenvalue weighted by atomic mass is 9.72. The van der Waals surface area contributed by atoms with Crippen molar-refractivity contribution in [2.45, 2.75) is 18.3 Å². The number of piperidine rings is 1. The Labute approximate surface area is 117 Å². The number of carbonyl (C=O) groups is 1. The van der Waals surface area contributed by atoms with Gasteiger partial charge < -0.3 is 15.2 Å². The largest absolute Gasteiger partial charge is 0.363 e. The molecule has 2 heterocycles. The maximum absolute atomic E-state index is 12.8. The van der Waals surface area contributed by atoms with Crippen molar-refractivity contribution in [1.82, 2.24) is 10.5 Å². The van der Waals surface area contributed by atoms with Crippen LogP contribution in [0, 0.1) is 0 Å². The van der Waals surface area contributed by atoms with Crippen LogP contribution >= 0.6 is 0 Å². The van der Waals surface area contributed by atoms with E-state index < -0.39 is 5.41 Å². The van der Waals surface area contributed by atoms with Gasteiger partial charge in [0.1, 0.15) is 6.26 Å². The standard InChI is InChI=1S/C15H17N3O2/c19-14(17-13-6-11-20-18-13)15(7-9-16-10-8-15)12-4-2-1-3-5-12/h1-6,11,16H,7-10H2,(H,17,18,19). The maximum atomic E-state index is 12.8. The number of hydrogen-bond acceptors (Lipinski definition) is 4. The van der Waals surface area contributed by atoms with Crippen molar-refractivity contribution < 1.29 is 9.32 Å². The highest BCUT2D eigenvalue weighted by Gasteiger charge is 2.41. The van der Waals surface area contributed by atoms with Crippen LogP contribution in [0.5, 0.6) is 0 Å². The second kappa shape index (κ2) is 5.46. The van der Waals surface area contributed by atoms with Gasteiger partial charge in [-0.3, -0.25) is 4.79 Å². The molecule has 5 nitrogen and oxygen atoms in total. The minimum atomic E-state index is -0.495. The SMILES string of the molecule is O=C(Nc1ccon1)C1(c2ccccc2)CCNCC1. The highest BCUT2D eigenvalue weighted by molar-refractivity contribution is 5.98. The number of rotatable bonds is 3. The summed E-state index contributed by atoms with van der Waals surface area (Å²) in [5.41, 5.74) is 0.563. The van der Waals surface area contributed by atoms with E-state index >= 15 is 0 Å². The van der Waals surface area contributed by atoms with E-state index in [2.05, 4.69) is 15.8 Å². The molecule has 3 rings (SSSR count). The Morgan fingerprint density at radius 1 is 1.20 bits per heavy atom. The fraction of sp³-hybridized carbons (Fsp3) is 0.333. The van der Waals surface area contributed by atoms with Crippen LogP contribution in [0.1, 0.15) is 18.4 Å². The molecule has 0 spiro atoms. The molecule has 1 fully saturated rings. The zero-order valence-electron chi connectivity index (χ0n) is 11.1. The average molecular weight is 271 g/mol. The van der Waals surface area contributed by atoms with Gasteiger partial charge in [0.05, 0.1) is 5.41 Å². The van der Waals surface area contributed by atoms with E-state index in [1.807, 2.05) is 30.3 Å². The molecule has 2 N–H and O–H groups in total. The minimum absolute atomic E-state index is 0.0147. The molecule has 104 valence electrons. The molecule has 0 saturated carbocycles. The number of hydrogen-bond donors (Lipinski definition) is 2. The molecular weight excluding hydrogens is 254 g/mol. The summed E-state index contributed by atoms with van der Waals surface area (Å²) in [6.07, 6.45) is 3.01. The van der Waals surface area contributed by atoms with Crippen LogP contribution in [-0.2, 0) is 10.2 Å². The monoisotopic (exact) mass is 271 g/mol. The van der Waals surface area contributed by atoms with Crippen LogP contribution < -0.4 is 10.6 Å². The molecule has 0 bridgehead atoms. The lowest BCUT2D eigenvalue weighted by molar-refractivity contribution is -0.122. The fourth-order valence-corrected chi connectivity index (χ4v) is 2.77. The van der Waals surface area contributed by atoms with Crippen molar-refractivity contribution in [3.63, 3.8) is 0 Å². The van der Waals surface area contributed by atoms with Gasteiger partial charge in [-0.2, -0.15) is 0 Å². The number of anilines is 1. The van der Waals surface area contributed by atoms with Crippen molar-refractivity contribution >= 4 is 11.7 Å². The van der Waals surface area contributed by atoms with Crippen molar-refractivity contribution in [2.24, 2.45) is 0 Å². The Balaban J connectivity index is 1.91. The highest BCUT2D eigenvalue weighted by Crippen LogP contribution is 2.34. The Kier molecular flexibility index (Phi) is 3.52. The topological polar surface area (TPSA) is 67.2 Å². The normalized spacial score (nSPS) is 17.6. The minimum Gasteiger partial charge on any atom is -0.363 e. The van der Waals surface area contributed by atoms with E-state index in [1.165, 1.54) is 6.26 Å². The number of carbonyl (C=O) groups excluding carboxylic acids is 1. The second-order valence-electron chi connectivity index (χ2n) is 5.04. The highest BCUT2D eigenvalue weighted by atomic mass is 16.5. The molecule has 20 heavy (non-hydrogen) atoms. The number of benzene rings is 1. The smallest absolute Gasteiger partial charge is 0.236 e. The lowest BCUT2D eigenvalue weighted by Gasteiger charge is -2.36. The summed E-state index contributed by atoms with van der Waals surface area (Å²) in [5, 5.41) is 9.92. The predicted molar refractivity (Wildman–Crippen MR) is 75.4 cm³/mol. The van der Waals surface area contributed by atoms with Gasteiger partial charge in [0.15, 0.2) is 5.82 Å². The van der Waals surface area contributed by atoms with Crippen LogP contribution in [0.25, 0.3) is 0 Å². The van der Waals surface area contributed by atoms with Crippen LogP contribution in [0.2, 0.25) is 0 Å². The van der Waals surface area contributed by atoms with Crippen LogP contribution in [0.15, 0.2) is 47.2 Å². The van der Waals surface area contributed by atoms with E-state index in [0.717, 1.165) is 31.5 Å². The summed E-state index contributed by atoms with van der Waals surface area (Å²) in [7, 11) is 0. The van der Waals surface area contributed by atoms with Crippen molar-refractivity contribution in [2.75, 3.05) is 18.4 Å². The quantitative estimate of drug-likeness (QED) is 0.895. The van der Waals surface area contributed by atoms with E-state index in [4.69, 9.17) is 4.52 Å². The number of aromatic nitrogens is 1. The van der Waals surface area contributed by atoms with Gasteiger partial charge >= 0.3 is 0 Å². The Morgan fingerprint density at radius 3 is 2.60 bits per heavy atom. The third kappa shape index (κ3) is 2.32. The summed E-state index contributed by atoms with van der Waals surface area (Å²) in [5.74, 6) is 0.447. The van der Waals surface area contributed by atoms with Crippen LogP contribution in [-0.4, -0.2) is 24.2 Å². The van der Waals surface area contributed by atoms with Gasteiger partial charge in [0.2, 0.25) is 5.91 Å². The first-order valence-corrected chi connectivity index (χ1v) is 6.79. The van der Waals surface area contributed by atoms with Gasteiger partial charge in [-0.05, 0) is 31.5 Å². The number of amides is 1. The molecule has 0 aliphatic carbocycles. The molecule has 1 saturated heterocycles. The summed E-state index contributed by atoms with van der Waals surface area (Å²) in [6, 6.07) is 11.6. The van der Waals surface area contributed by atoms with Crippen molar-refractivity contribution in [1.29, 1.82) is 0 Å². The molecule has 1 aromatic heterocycles. The Bertz CT molecular complexity index is 560. The average Bonchev–Trinajstić information content (AvgIpc) is 3.02. The zero-order chi connectivity index (χ0) is 13.8. The Hall–Kier alpha value is -2.14. The van der Waals surface area contributed by atoms with E-state index in [-0.39, 0.29) is 5.91 Å². The first kappa shape index (κ1) is 12.9. The molecule has 2 aromatic rings. The van der Waals surface area contributed by atoms with Gasteiger partial charge in [-0.25, -0.2) is 0 Å². The fourth-order valence-electron chi connectivity index (χ4n) is 2.77. The summed E-state index contributed by atoms with van der Waals surface area (Å²) >= 11 is 0. The molecule has 1 amide bonds. The van der Waals surface area contributed by atoms with Crippen molar-refractivity contribution in [3.05, 3.63) is 48.2 Å². The molecule has 0 radical (unpaired) electrons. The summed E-state index contributed by atoms with van der Waals surface area (Å²) in [6.45, 7) is 1.67. The molecule has 1 aromatic carbocycles. The first-order valence-electron chi connectivity index (χ1n) is 6.79. The second-order valence-corrected chi connectivity index (χ2v) is 5.04. The van der Waals surface area contributed by atoms with Gasteiger partial charge in [0.25, 0.3) is 0 Å². The first-order chi connectivity index (χ1) is 9.81. The third-order valence-electron chi connectivity index (χ3n) is 3.90. The van der Waals surface area contributed by atoms with Gasteiger partial charge in [0, 0.05) is 6.07 Å². The van der Waals surface area contributed by atoms with Crippen LogP contribution in [0.4, 0.5) is 5.82 Å². The maximum Gasteiger partial charge on any atom is 0.236 e. The summed E-state index contributed by atoms with van der Waals surface area (Å²) in [4.78, 5) is 12.8. The zero-order valence-corrected chi connectivity index (χ0v) is 11.1.